The molecule has 2 atom stereocenters. The van der Waals surface area contributed by atoms with Gasteiger partial charge in [0.15, 0.2) is 0 Å². The second-order valence-electron chi connectivity index (χ2n) is 3.85. The molecule has 15 heavy (non-hydrogen) atoms. The minimum atomic E-state index is -0.887. The maximum Gasteiger partial charge on any atom is 0.322 e. The van der Waals surface area contributed by atoms with Crippen molar-refractivity contribution in [2.45, 2.75) is 18.5 Å². The van der Waals surface area contributed by atoms with Crippen molar-refractivity contribution in [1.29, 1.82) is 0 Å². The summed E-state index contributed by atoms with van der Waals surface area (Å²) in [6.07, 6.45) is 0.803. The first kappa shape index (κ1) is 10.4. The Bertz CT molecular complexity index is 275. The molecular weight excluding hydrogens is 200 g/mol. The van der Waals surface area contributed by atoms with E-state index >= 15 is 0 Å². The maximum absolute atomic E-state index is 11.2. The average Bonchev–Trinajstić information content (AvgIpc) is 2.69. The van der Waals surface area contributed by atoms with Gasteiger partial charge in [0, 0.05) is 19.2 Å². The number of hydrogen-bond acceptors (Lipinski definition) is 4. The molecule has 2 heterocycles. The SMILES string of the molecule is O=C1CN(C2CCOC2)C(C(=O)O)CN1. The Kier molecular flexibility index (Phi) is 2.88. The van der Waals surface area contributed by atoms with Gasteiger partial charge in [0.2, 0.25) is 5.91 Å². The van der Waals surface area contributed by atoms with Gasteiger partial charge in [-0.15, -0.1) is 0 Å². The number of carboxylic acids is 1. The van der Waals surface area contributed by atoms with Gasteiger partial charge in [0.1, 0.15) is 6.04 Å². The minimum Gasteiger partial charge on any atom is -0.480 e. The summed E-state index contributed by atoms with van der Waals surface area (Å²) in [7, 11) is 0. The lowest BCUT2D eigenvalue weighted by molar-refractivity contribution is -0.147. The summed E-state index contributed by atoms with van der Waals surface area (Å²) >= 11 is 0. The Morgan fingerprint density at radius 2 is 2.40 bits per heavy atom. The number of hydrogen-bond donors (Lipinski definition) is 2. The molecule has 0 radical (unpaired) electrons. The lowest BCUT2D eigenvalue weighted by Gasteiger charge is -2.36. The molecule has 84 valence electrons. The number of ether oxygens (including phenoxy) is 1. The number of piperazine rings is 1. The molecule has 2 aliphatic rings. The largest absolute Gasteiger partial charge is 0.480 e. The summed E-state index contributed by atoms with van der Waals surface area (Å²) in [6.45, 7) is 1.52. The van der Waals surface area contributed by atoms with Crippen molar-refractivity contribution < 1.29 is 19.4 Å². The molecule has 0 aromatic heterocycles. The molecule has 2 aliphatic heterocycles. The Morgan fingerprint density at radius 3 is 3.00 bits per heavy atom. The molecule has 0 saturated carbocycles. The van der Waals surface area contributed by atoms with E-state index in [0.717, 1.165) is 6.42 Å². The predicted molar refractivity (Wildman–Crippen MR) is 50.4 cm³/mol. The molecule has 2 fully saturated rings. The fourth-order valence-corrected chi connectivity index (χ4v) is 2.06. The fraction of sp³-hybridized carbons (Fsp3) is 0.778. The van der Waals surface area contributed by atoms with Gasteiger partial charge in [0.25, 0.3) is 0 Å². The van der Waals surface area contributed by atoms with E-state index in [2.05, 4.69) is 5.32 Å². The van der Waals surface area contributed by atoms with Crippen LogP contribution in [0.25, 0.3) is 0 Å². The van der Waals surface area contributed by atoms with Gasteiger partial charge in [-0.1, -0.05) is 0 Å². The molecule has 0 aliphatic carbocycles. The highest BCUT2D eigenvalue weighted by Crippen LogP contribution is 2.17. The first-order valence-electron chi connectivity index (χ1n) is 5.01. The van der Waals surface area contributed by atoms with Gasteiger partial charge >= 0.3 is 5.97 Å². The highest BCUT2D eigenvalue weighted by atomic mass is 16.5. The molecule has 2 unspecified atom stereocenters. The number of rotatable bonds is 2. The van der Waals surface area contributed by atoms with E-state index in [4.69, 9.17) is 9.84 Å². The third-order valence-electron chi connectivity index (χ3n) is 2.88. The Labute approximate surface area is 87.2 Å². The second kappa shape index (κ2) is 4.16. The minimum absolute atomic E-state index is 0.0668. The van der Waals surface area contributed by atoms with Crippen LogP contribution < -0.4 is 5.32 Å². The molecule has 0 aromatic rings. The second-order valence-corrected chi connectivity index (χ2v) is 3.85. The molecule has 2 saturated heterocycles. The van der Waals surface area contributed by atoms with E-state index < -0.39 is 12.0 Å². The number of carboxylic acid groups (broad SMARTS) is 1. The predicted octanol–water partition coefficient (Wildman–Crippen LogP) is -1.34. The number of carbonyl (C=O) groups is 2. The van der Waals surface area contributed by atoms with E-state index in [1.165, 1.54) is 0 Å². The number of aliphatic carboxylic acids is 1. The quantitative estimate of drug-likeness (QED) is 0.595. The van der Waals surface area contributed by atoms with E-state index in [9.17, 15) is 9.59 Å². The normalized spacial score (nSPS) is 32.7. The lowest BCUT2D eigenvalue weighted by atomic mass is 10.1. The van der Waals surface area contributed by atoms with Gasteiger partial charge < -0.3 is 15.2 Å². The summed E-state index contributed by atoms with van der Waals surface area (Å²) in [6, 6.07) is -0.549. The van der Waals surface area contributed by atoms with Gasteiger partial charge in [0.05, 0.1) is 13.2 Å². The summed E-state index contributed by atoms with van der Waals surface area (Å²) in [5, 5.41) is 11.6. The monoisotopic (exact) mass is 214 g/mol. The van der Waals surface area contributed by atoms with Crippen LogP contribution in [0.5, 0.6) is 0 Å². The van der Waals surface area contributed by atoms with Crippen LogP contribution >= 0.6 is 0 Å². The zero-order chi connectivity index (χ0) is 10.8. The van der Waals surface area contributed by atoms with Crippen molar-refractivity contribution in [3.8, 4) is 0 Å². The number of amides is 1. The summed E-state index contributed by atoms with van der Waals surface area (Å²) in [5.74, 6) is -0.999. The van der Waals surface area contributed by atoms with E-state index in [0.29, 0.717) is 13.2 Å². The standard InChI is InChI=1S/C9H14N2O4/c12-8-4-11(6-1-2-15-5-6)7(3-10-8)9(13)14/h6-7H,1-5H2,(H,10,12)(H,13,14). The van der Waals surface area contributed by atoms with Crippen LogP contribution in [0, 0.1) is 0 Å². The van der Waals surface area contributed by atoms with Crippen molar-refractivity contribution in [1.82, 2.24) is 10.2 Å². The highest BCUT2D eigenvalue weighted by molar-refractivity contribution is 5.83. The van der Waals surface area contributed by atoms with Gasteiger partial charge in [-0.3, -0.25) is 14.5 Å². The third kappa shape index (κ3) is 2.10. The Balaban J connectivity index is 2.08. The van der Waals surface area contributed by atoms with Crippen molar-refractivity contribution in [3.63, 3.8) is 0 Å². The van der Waals surface area contributed by atoms with Crippen molar-refractivity contribution in [2.75, 3.05) is 26.3 Å². The van der Waals surface area contributed by atoms with Crippen LogP contribution in [-0.4, -0.2) is 60.3 Å². The molecule has 2 rings (SSSR count). The van der Waals surface area contributed by atoms with Crippen LogP contribution in [0.15, 0.2) is 0 Å². The first-order chi connectivity index (χ1) is 7.18. The molecule has 6 heteroatoms. The van der Waals surface area contributed by atoms with E-state index in [-0.39, 0.29) is 25.0 Å². The Morgan fingerprint density at radius 1 is 1.60 bits per heavy atom. The maximum atomic E-state index is 11.2. The van der Waals surface area contributed by atoms with E-state index in [1.807, 2.05) is 0 Å². The molecule has 6 nitrogen and oxygen atoms in total. The first-order valence-corrected chi connectivity index (χ1v) is 5.01. The lowest BCUT2D eigenvalue weighted by Crippen LogP contribution is -2.60. The summed E-state index contributed by atoms with van der Waals surface area (Å²) in [4.78, 5) is 23.9. The topological polar surface area (TPSA) is 78.9 Å². The smallest absolute Gasteiger partial charge is 0.322 e. The van der Waals surface area contributed by atoms with Crippen LogP contribution in [0.2, 0.25) is 0 Å². The number of nitrogens with one attached hydrogen (secondary N) is 1. The highest BCUT2D eigenvalue weighted by Gasteiger charge is 2.37. The van der Waals surface area contributed by atoms with Crippen molar-refractivity contribution in [2.24, 2.45) is 0 Å². The molecule has 1 amide bonds. The molecule has 2 N–H and O–H groups in total. The van der Waals surface area contributed by atoms with Crippen LogP contribution in [0.4, 0.5) is 0 Å². The van der Waals surface area contributed by atoms with Crippen molar-refractivity contribution >= 4 is 11.9 Å². The number of nitrogens with zero attached hydrogens (tertiary/aromatic N) is 1. The van der Waals surface area contributed by atoms with Gasteiger partial charge in [-0.05, 0) is 6.42 Å². The molecule has 0 aromatic carbocycles. The molecule has 0 spiro atoms. The van der Waals surface area contributed by atoms with Crippen LogP contribution in [-0.2, 0) is 14.3 Å². The molecular formula is C9H14N2O4. The van der Waals surface area contributed by atoms with Gasteiger partial charge in [-0.2, -0.15) is 0 Å². The van der Waals surface area contributed by atoms with Gasteiger partial charge in [-0.25, -0.2) is 0 Å². The van der Waals surface area contributed by atoms with Crippen LogP contribution in [0.3, 0.4) is 0 Å². The van der Waals surface area contributed by atoms with Crippen LogP contribution in [0.1, 0.15) is 6.42 Å². The zero-order valence-corrected chi connectivity index (χ0v) is 8.31. The van der Waals surface area contributed by atoms with E-state index in [1.54, 1.807) is 4.90 Å². The number of carbonyl (C=O) groups excluding carboxylic acids is 1. The fourth-order valence-electron chi connectivity index (χ4n) is 2.06. The summed E-state index contributed by atoms with van der Waals surface area (Å²) in [5.41, 5.74) is 0. The molecule has 0 bridgehead atoms. The average molecular weight is 214 g/mol. The third-order valence-corrected chi connectivity index (χ3v) is 2.88. The van der Waals surface area contributed by atoms with Crippen molar-refractivity contribution in [3.05, 3.63) is 0 Å². The Hall–Kier alpha value is -1.14. The zero-order valence-electron chi connectivity index (χ0n) is 8.31. The summed E-state index contributed by atoms with van der Waals surface area (Å²) < 4.78 is 5.21.